The van der Waals surface area contributed by atoms with Gasteiger partial charge in [0.2, 0.25) is 5.91 Å². The molecule has 0 aromatic carbocycles. The maximum absolute atomic E-state index is 12.6. The first-order chi connectivity index (χ1) is 11.1. The molecular formula is C16H18N4O2S. The van der Waals surface area contributed by atoms with Crippen LogP contribution in [0.3, 0.4) is 0 Å². The second kappa shape index (κ2) is 5.49. The Kier molecular flexibility index (Phi) is 3.45. The van der Waals surface area contributed by atoms with Crippen molar-refractivity contribution in [3.8, 4) is 0 Å². The number of carbonyl (C=O) groups is 2. The summed E-state index contributed by atoms with van der Waals surface area (Å²) in [5, 5.41) is 9.30. The summed E-state index contributed by atoms with van der Waals surface area (Å²) in [6.45, 7) is 1.18. The highest BCUT2D eigenvalue weighted by atomic mass is 32.1. The molecule has 1 aliphatic heterocycles. The fourth-order valence-electron chi connectivity index (χ4n) is 2.99. The van der Waals surface area contributed by atoms with Gasteiger partial charge in [-0.1, -0.05) is 6.07 Å². The molecule has 0 radical (unpaired) electrons. The predicted molar refractivity (Wildman–Crippen MR) is 87.3 cm³/mol. The van der Waals surface area contributed by atoms with E-state index < -0.39 is 0 Å². The van der Waals surface area contributed by atoms with Crippen molar-refractivity contribution in [2.24, 2.45) is 13.0 Å². The molecule has 0 unspecified atom stereocenters. The average molecular weight is 330 g/mol. The topological polar surface area (TPSA) is 67.2 Å². The summed E-state index contributed by atoms with van der Waals surface area (Å²) >= 11 is 1.46. The molecule has 0 atom stereocenters. The highest BCUT2D eigenvalue weighted by Gasteiger charge is 2.33. The number of aryl methyl sites for hydroxylation is 1. The molecule has 0 bridgehead atoms. The van der Waals surface area contributed by atoms with Crippen molar-refractivity contribution in [2.75, 3.05) is 11.9 Å². The fourth-order valence-corrected chi connectivity index (χ4v) is 3.68. The lowest BCUT2D eigenvalue weighted by molar-refractivity contribution is -0.117. The monoisotopic (exact) mass is 330 g/mol. The van der Waals surface area contributed by atoms with Crippen LogP contribution in [-0.4, -0.2) is 33.0 Å². The van der Waals surface area contributed by atoms with Crippen LogP contribution in [0.15, 0.2) is 17.5 Å². The van der Waals surface area contributed by atoms with E-state index in [0.717, 1.165) is 35.4 Å². The van der Waals surface area contributed by atoms with E-state index in [-0.39, 0.29) is 17.7 Å². The first kappa shape index (κ1) is 14.4. The number of amides is 2. The van der Waals surface area contributed by atoms with Crippen LogP contribution in [0, 0.1) is 5.92 Å². The highest BCUT2D eigenvalue weighted by molar-refractivity contribution is 7.12. The van der Waals surface area contributed by atoms with Crippen LogP contribution in [0.25, 0.3) is 0 Å². The normalized spacial score (nSPS) is 17.0. The molecule has 0 saturated heterocycles. The van der Waals surface area contributed by atoms with E-state index in [1.54, 1.807) is 0 Å². The minimum absolute atomic E-state index is 0.0487. The summed E-state index contributed by atoms with van der Waals surface area (Å²) in [7, 11) is 1.89. The Morgan fingerprint density at radius 2 is 2.22 bits per heavy atom. The molecule has 1 fully saturated rings. The SMILES string of the molecule is Cn1nc(NC(=O)C2CC2)c2c1CCN(C(=O)c1cccs1)C2. The lowest BCUT2D eigenvalue weighted by atomic mass is 10.1. The maximum Gasteiger partial charge on any atom is 0.264 e. The second-order valence-corrected chi connectivity index (χ2v) is 7.06. The van der Waals surface area contributed by atoms with Crippen molar-refractivity contribution in [3.05, 3.63) is 33.6 Å². The molecule has 6 nitrogen and oxygen atoms in total. The van der Waals surface area contributed by atoms with Crippen LogP contribution >= 0.6 is 11.3 Å². The van der Waals surface area contributed by atoms with Gasteiger partial charge in [-0.3, -0.25) is 14.3 Å². The number of hydrogen-bond donors (Lipinski definition) is 1. The Morgan fingerprint density at radius 3 is 2.91 bits per heavy atom. The van der Waals surface area contributed by atoms with E-state index in [1.165, 1.54) is 11.3 Å². The molecule has 3 heterocycles. The number of fused-ring (bicyclic) bond motifs is 1. The summed E-state index contributed by atoms with van der Waals surface area (Å²) in [6, 6.07) is 3.74. The highest BCUT2D eigenvalue weighted by Crippen LogP contribution is 2.32. The van der Waals surface area contributed by atoms with Crippen molar-refractivity contribution in [1.29, 1.82) is 0 Å². The van der Waals surface area contributed by atoms with Crippen molar-refractivity contribution in [1.82, 2.24) is 14.7 Å². The zero-order valence-electron chi connectivity index (χ0n) is 12.9. The fraction of sp³-hybridized carbons (Fsp3) is 0.438. The minimum atomic E-state index is 0.0487. The number of hydrogen-bond acceptors (Lipinski definition) is 4. The molecule has 2 aromatic heterocycles. The Balaban J connectivity index is 1.57. The second-order valence-electron chi connectivity index (χ2n) is 6.11. The molecule has 23 heavy (non-hydrogen) atoms. The molecule has 1 N–H and O–H groups in total. The van der Waals surface area contributed by atoms with Crippen LogP contribution in [0.2, 0.25) is 0 Å². The Labute approximate surface area is 138 Å². The van der Waals surface area contributed by atoms with Gasteiger partial charge in [-0.15, -0.1) is 11.3 Å². The summed E-state index contributed by atoms with van der Waals surface area (Å²) in [6.07, 6.45) is 2.68. The molecule has 0 spiro atoms. The molecule has 4 rings (SSSR count). The van der Waals surface area contributed by atoms with Gasteiger partial charge in [0.25, 0.3) is 5.91 Å². The number of nitrogens with zero attached hydrogens (tertiary/aromatic N) is 3. The lowest BCUT2D eigenvalue weighted by Gasteiger charge is -2.27. The third-order valence-corrected chi connectivity index (χ3v) is 5.31. The van der Waals surface area contributed by atoms with Crippen LogP contribution in [-0.2, 0) is 24.8 Å². The number of aromatic nitrogens is 2. The van der Waals surface area contributed by atoms with E-state index >= 15 is 0 Å². The van der Waals surface area contributed by atoms with Crippen LogP contribution in [0.5, 0.6) is 0 Å². The largest absolute Gasteiger partial charge is 0.333 e. The van der Waals surface area contributed by atoms with Crippen molar-refractivity contribution >= 4 is 29.0 Å². The van der Waals surface area contributed by atoms with Crippen LogP contribution in [0.4, 0.5) is 5.82 Å². The number of carbonyl (C=O) groups excluding carboxylic acids is 2. The third-order valence-electron chi connectivity index (χ3n) is 4.45. The lowest BCUT2D eigenvalue weighted by Crippen LogP contribution is -2.36. The predicted octanol–water partition coefficient (Wildman–Crippen LogP) is 2.03. The van der Waals surface area contributed by atoms with Crippen molar-refractivity contribution in [3.63, 3.8) is 0 Å². The Bertz CT molecular complexity index is 761. The zero-order chi connectivity index (χ0) is 16.0. The molecule has 2 aliphatic rings. The number of rotatable bonds is 3. The van der Waals surface area contributed by atoms with Crippen LogP contribution < -0.4 is 5.32 Å². The van der Waals surface area contributed by atoms with E-state index in [4.69, 9.17) is 0 Å². The van der Waals surface area contributed by atoms with Gasteiger partial charge < -0.3 is 10.2 Å². The summed E-state index contributed by atoms with van der Waals surface area (Å²) < 4.78 is 1.82. The van der Waals surface area contributed by atoms with E-state index in [2.05, 4.69) is 10.4 Å². The first-order valence-electron chi connectivity index (χ1n) is 7.82. The summed E-state index contributed by atoms with van der Waals surface area (Å²) in [5.74, 6) is 0.852. The summed E-state index contributed by atoms with van der Waals surface area (Å²) in [5.41, 5.74) is 2.07. The molecule has 120 valence electrons. The summed E-state index contributed by atoms with van der Waals surface area (Å²) in [4.78, 5) is 27.2. The first-order valence-corrected chi connectivity index (χ1v) is 8.70. The van der Waals surface area contributed by atoms with Crippen molar-refractivity contribution in [2.45, 2.75) is 25.8 Å². The van der Waals surface area contributed by atoms with Gasteiger partial charge in [0.05, 0.1) is 11.4 Å². The van der Waals surface area contributed by atoms with Gasteiger partial charge >= 0.3 is 0 Å². The average Bonchev–Trinajstić information content (AvgIpc) is 3.18. The van der Waals surface area contributed by atoms with E-state index in [9.17, 15) is 9.59 Å². The maximum atomic E-state index is 12.6. The number of nitrogens with one attached hydrogen (secondary N) is 1. The molecule has 2 aromatic rings. The smallest absolute Gasteiger partial charge is 0.264 e. The molecule has 1 aliphatic carbocycles. The van der Waals surface area contributed by atoms with Gasteiger partial charge in [0.15, 0.2) is 5.82 Å². The Morgan fingerprint density at radius 1 is 1.39 bits per heavy atom. The van der Waals surface area contributed by atoms with Gasteiger partial charge in [-0.25, -0.2) is 0 Å². The number of thiophene rings is 1. The van der Waals surface area contributed by atoms with Crippen molar-refractivity contribution < 1.29 is 9.59 Å². The van der Waals surface area contributed by atoms with Gasteiger partial charge in [-0.05, 0) is 24.3 Å². The Hall–Kier alpha value is -2.15. The third kappa shape index (κ3) is 2.65. The number of anilines is 1. The van der Waals surface area contributed by atoms with E-state index in [0.29, 0.717) is 18.9 Å². The minimum Gasteiger partial charge on any atom is -0.333 e. The van der Waals surface area contributed by atoms with Crippen LogP contribution in [0.1, 0.15) is 33.8 Å². The molecule has 1 saturated carbocycles. The molecular weight excluding hydrogens is 312 g/mol. The van der Waals surface area contributed by atoms with Gasteiger partial charge in [-0.2, -0.15) is 5.10 Å². The van der Waals surface area contributed by atoms with E-state index in [1.807, 2.05) is 34.1 Å². The molecule has 7 heteroatoms. The quantitative estimate of drug-likeness (QED) is 0.936. The standard InChI is InChI=1S/C16H18N4O2S/c1-19-12-6-7-20(16(22)13-3-2-8-23-13)9-11(12)14(18-19)17-15(21)10-4-5-10/h2-3,8,10H,4-7,9H2,1H3,(H,17,18,21). The van der Waals surface area contributed by atoms with Gasteiger partial charge in [0.1, 0.15) is 0 Å². The molecule has 2 amide bonds. The zero-order valence-corrected chi connectivity index (χ0v) is 13.7. The van der Waals surface area contributed by atoms with Gasteiger partial charge in [0, 0.05) is 37.2 Å².